The molecule has 1 aliphatic heterocycles. The average molecular weight is 380 g/mol. The van der Waals surface area contributed by atoms with E-state index in [9.17, 15) is 13.2 Å². The van der Waals surface area contributed by atoms with Crippen molar-refractivity contribution < 1.29 is 22.4 Å². The summed E-state index contributed by atoms with van der Waals surface area (Å²) in [6.07, 6.45) is 1.27. The SMILES string of the molecule is CCOC(=O)[C@@H]1CCCN(S(=O)(=O)N[C@H](C)c2cc3ccccc3o2)C1. The number of rotatable bonds is 6. The lowest BCUT2D eigenvalue weighted by Crippen LogP contribution is -2.48. The Morgan fingerprint density at radius 2 is 2.19 bits per heavy atom. The molecule has 26 heavy (non-hydrogen) atoms. The minimum atomic E-state index is -3.73. The lowest BCUT2D eigenvalue weighted by Gasteiger charge is -2.31. The van der Waals surface area contributed by atoms with Crippen LogP contribution in [0.15, 0.2) is 34.7 Å². The van der Waals surface area contributed by atoms with Gasteiger partial charge in [0.2, 0.25) is 0 Å². The molecule has 1 aliphatic rings. The minimum absolute atomic E-state index is 0.140. The van der Waals surface area contributed by atoms with Crippen molar-refractivity contribution in [2.75, 3.05) is 19.7 Å². The highest BCUT2D eigenvalue weighted by Crippen LogP contribution is 2.25. The Morgan fingerprint density at radius 3 is 2.92 bits per heavy atom. The molecule has 2 heterocycles. The number of nitrogens with one attached hydrogen (secondary N) is 1. The number of furan rings is 1. The summed E-state index contributed by atoms with van der Waals surface area (Å²) >= 11 is 0. The Hall–Kier alpha value is -1.90. The van der Waals surface area contributed by atoms with E-state index in [2.05, 4.69) is 4.72 Å². The topological polar surface area (TPSA) is 88.8 Å². The molecule has 0 bridgehead atoms. The molecule has 1 aromatic heterocycles. The molecular weight excluding hydrogens is 356 g/mol. The van der Waals surface area contributed by atoms with E-state index in [4.69, 9.17) is 9.15 Å². The molecule has 0 aliphatic carbocycles. The van der Waals surface area contributed by atoms with E-state index in [0.29, 0.717) is 37.3 Å². The van der Waals surface area contributed by atoms with Crippen molar-refractivity contribution in [1.29, 1.82) is 0 Å². The summed E-state index contributed by atoms with van der Waals surface area (Å²) in [5.74, 6) is -0.201. The summed E-state index contributed by atoms with van der Waals surface area (Å²) in [5.41, 5.74) is 0.717. The third-order valence-electron chi connectivity index (χ3n) is 4.54. The van der Waals surface area contributed by atoms with Crippen molar-refractivity contribution in [2.45, 2.75) is 32.7 Å². The van der Waals surface area contributed by atoms with E-state index in [1.807, 2.05) is 30.3 Å². The predicted octanol–water partition coefficient (Wildman–Crippen LogP) is 2.60. The molecule has 2 aromatic rings. The second-order valence-electron chi connectivity index (χ2n) is 6.48. The van der Waals surface area contributed by atoms with Crippen LogP contribution < -0.4 is 4.72 Å². The van der Waals surface area contributed by atoms with Crippen LogP contribution in [0.2, 0.25) is 0 Å². The molecule has 3 rings (SSSR count). The zero-order chi connectivity index (χ0) is 18.7. The van der Waals surface area contributed by atoms with Gasteiger partial charge in [-0.2, -0.15) is 17.4 Å². The molecule has 0 saturated carbocycles. The van der Waals surface area contributed by atoms with E-state index in [0.717, 1.165) is 5.39 Å². The van der Waals surface area contributed by atoms with Gasteiger partial charge in [-0.1, -0.05) is 18.2 Å². The van der Waals surface area contributed by atoms with Crippen molar-refractivity contribution in [1.82, 2.24) is 9.03 Å². The Balaban J connectivity index is 1.70. The second-order valence-corrected chi connectivity index (χ2v) is 8.18. The number of carbonyl (C=O) groups is 1. The van der Waals surface area contributed by atoms with E-state index >= 15 is 0 Å². The first-order valence-electron chi connectivity index (χ1n) is 8.83. The lowest BCUT2D eigenvalue weighted by molar-refractivity contribution is -0.149. The Labute approximate surface area is 153 Å². The van der Waals surface area contributed by atoms with Gasteiger partial charge < -0.3 is 9.15 Å². The fraction of sp³-hybridized carbons (Fsp3) is 0.500. The van der Waals surface area contributed by atoms with E-state index in [1.165, 1.54) is 4.31 Å². The quantitative estimate of drug-likeness (QED) is 0.778. The molecule has 0 unspecified atom stereocenters. The van der Waals surface area contributed by atoms with Gasteiger partial charge in [0.15, 0.2) is 0 Å². The van der Waals surface area contributed by atoms with E-state index in [-0.39, 0.29) is 12.5 Å². The second kappa shape index (κ2) is 7.77. The first kappa shape index (κ1) is 18.9. The van der Waals surface area contributed by atoms with Crippen LogP contribution in [0.1, 0.15) is 38.5 Å². The Kier molecular flexibility index (Phi) is 5.64. The van der Waals surface area contributed by atoms with E-state index in [1.54, 1.807) is 13.8 Å². The largest absolute Gasteiger partial charge is 0.466 e. The van der Waals surface area contributed by atoms with Crippen LogP contribution in [0.5, 0.6) is 0 Å². The minimum Gasteiger partial charge on any atom is -0.466 e. The van der Waals surface area contributed by atoms with Crippen molar-refractivity contribution in [3.05, 3.63) is 36.1 Å². The maximum absolute atomic E-state index is 12.7. The number of para-hydroxylation sites is 1. The number of esters is 1. The maximum Gasteiger partial charge on any atom is 0.310 e. The van der Waals surface area contributed by atoms with Crippen LogP contribution in [0.3, 0.4) is 0 Å². The highest BCUT2D eigenvalue weighted by atomic mass is 32.2. The molecule has 0 amide bonds. The summed E-state index contributed by atoms with van der Waals surface area (Å²) in [4.78, 5) is 11.9. The van der Waals surface area contributed by atoms with Gasteiger partial charge in [0, 0.05) is 18.5 Å². The van der Waals surface area contributed by atoms with Gasteiger partial charge in [0.05, 0.1) is 18.6 Å². The molecule has 8 heteroatoms. The van der Waals surface area contributed by atoms with Crippen molar-refractivity contribution in [3.8, 4) is 0 Å². The summed E-state index contributed by atoms with van der Waals surface area (Å²) in [6.45, 7) is 4.30. The van der Waals surface area contributed by atoms with Gasteiger partial charge in [-0.15, -0.1) is 0 Å². The molecule has 0 spiro atoms. The number of piperidine rings is 1. The van der Waals surface area contributed by atoms with Crippen LogP contribution in [0.25, 0.3) is 11.0 Å². The lowest BCUT2D eigenvalue weighted by atomic mass is 10.0. The van der Waals surface area contributed by atoms with Gasteiger partial charge in [-0.05, 0) is 38.8 Å². The van der Waals surface area contributed by atoms with Gasteiger partial charge in [-0.25, -0.2) is 0 Å². The first-order chi connectivity index (χ1) is 12.4. The average Bonchev–Trinajstić information content (AvgIpc) is 3.06. The number of ether oxygens (including phenoxy) is 1. The summed E-state index contributed by atoms with van der Waals surface area (Å²) < 4.78 is 40.2. The number of hydrogen-bond donors (Lipinski definition) is 1. The molecule has 142 valence electrons. The Morgan fingerprint density at radius 1 is 1.42 bits per heavy atom. The highest BCUT2D eigenvalue weighted by Gasteiger charge is 2.34. The van der Waals surface area contributed by atoms with Crippen molar-refractivity contribution in [3.63, 3.8) is 0 Å². The molecule has 1 N–H and O–H groups in total. The molecule has 2 atom stereocenters. The number of fused-ring (bicyclic) bond motifs is 1. The molecule has 7 nitrogen and oxygen atoms in total. The van der Waals surface area contributed by atoms with Gasteiger partial charge in [0.25, 0.3) is 10.2 Å². The molecular formula is C18H24N2O5S. The number of hydrogen-bond acceptors (Lipinski definition) is 5. The molecule has 1 fully saturated rings. The fourth-order valence-electron chi connectivity index (χ4n) is 3.19. The normalized spacial score (nSPS) is 20.2. The third kappa shape index (κ3) is 4.08. The molecule has 1 aromatic carbocycles. The summed E-state index contributed by atoms with van der Waals surface area (Å²) in [6, 6.07) is 8.84. The zero-order valence-corrected chi connectivity index (χ0v) is 15.8. The fourth-order valence-corrected chi connectivity index (χ4v) is 4.64. The van der Waals surface area contributed by atoms with Crippen molar-refractivity contribution in [2.24, 2.45) is 5.92 Å². The van der Waals surface area contributed by atoms with Crippen LogP contribution >= 0.6 is 0 Å². The van der Waals surface area contributed by atoms with Gasteiger partial charge in [-0.3, -0.25) is 4.79 Å². The number of nitrogens with zero attached hydrogens (tertiary/aromatic N) is 1. The monoisotopic (exact) mass is 380 g/mol. The van der Waals surface area contributed by atoms with Crippen LogP contribution in [-0.4, -0.2) is 38.4 Å². The van der Waals surface area contributed by atoms with Crippen LogP contribution in [0, 0.1) is 5.92 Å². The van der Waals surface area contributed by atoms with Gasteiger partial charge in [0.1, 0.15) is 11.3 Å². The molecule has 1 saturated heterocycles. The Bertz CT molecular complexity index is 844. The van der Waals surface area contributed by atoms with Crippen LogP contribution in [-0.2, 0) is 19.7 Å². The first-order valence-corrected chi connectivity index (χ1v) is 10.3. The summed E-state index contributed by atoms with van der Waals surface area (Å²) in [5, 5.41) is 0.925. The maximum atomic E-state index is 12.7. The number of benzene rings is 1. The smallest absolute Gasteiger partial charge is 0.310 e. The standard InChI is InChI=1S/C18H24N2O5S/c1-3-24-18(21)15-8-6-10-20(12-15)26(22,23)19-13(2)17-11-14-7-4-5-9-16(14)25-17/h4-5,7,9,11,13,15,19H,3,6,8,10,12H2,1-2H3/t13-,15-/m1/s1. The van der Waals surface area contributed by atoms with Gasteiger partial charge >= 0.3 is 5.97 Å². The highest BCUT2D eigenvalue weighted by molar-refractivity contribution is 7.87. The summed E-state index contributed by atoms with van der Waals surface area (Å²) in [7, 11) is -3.73. The predicted molar refractivity (Wildman–Crippen MR) is 97.6 cm³/mol. The third-order valence-corrected chi connectivity index (χ3v) is 6.20. The number of carbonyl (C=O) groups excluding carboxylic acids is 1. The van der Waals surface area contributed by atoms with Crippen LogP contribution in [0.4, 0.5) is 0 Å². The van der Waals surface area contributed by atoms with E-state index < -0.39 is 22.2 Å². The zero-order valence-electron chi connectivity index (χ0n) is 15.0. The van der Waals surface area contributed by atoms with Crippen molar-refractivity contribution >= 4 is 27.1 Å². The molecule has 0 radical (unpaired) electrons.